The third-order valence-corrected chi connectivity index (χ3v) is 3.17. The van der Waals surface area contributed by atoms with Gasteiger partial charge in [-0.2, -0.15) is 5.26 Å². The zero-order chi connectivity index (χ0) is 14.0. The SMILES string of the molecule is N#Cc1ccc(N2CCCC2C(=O)O)cc1[N+](=O)[O-]. The van der Waals surface area contributed by atoms with Crippen LogP contribution in [0.3, 0.4) is 0 Å². The summed E-state index contributed by atoms with van der Waals surface area (Å²) in [4.78, 5) is 23.0. The largest absolute Gasteiger partial charge is 0.480 e. The van der Waals surface area contributed by atoms with Gasteiger partial charge in [-0.1, -0.05) is 0 Å². The Balaban J connectivity index is 2.41. The molecule has 0 saturated carbocycles. The first-order chi connectivity index (χ1) is 9.04. The van der Waals surface area contributed by atoms with Gasteiger partial charge in [0.2, 0.25) is 0 Å². The zero-order valence-corrected chi connectivity index (χ0v) is 9.94. The van der Waals surface area contributed by atoms with Gasteiger partial charge in [0.25, 0.3) is 5.69 Å². The zero-order valence-electron chi connectivity index (χ0n) is 9.94. The summed E-state index contributed by atoms with van der Waals surface area (Å²) >= 11 is 0. The van der Waals surface area contributed by atoms with E-state index in [1.54, 1.807) is 17.0 Å². The number of hydrogen-bond acceptors (Lipinski definition) is 5. The van der Waals surface area contributed by atoms with Crippen molar-refractivity contribution in [3.63, 3.8) is 0 Å². The van der Waals surface area contributed by atoms with Crippen LogP contribution in [0.5, 0.6) is 0 Å². The quantitative estimate of drug-likeness (QED) is 0.652. The van der Waals surface area contributed by atoms with Crippen LogP contribution in [0.1, 0.15) is 18.4 Å². The lowest BCUT2D eigenvalue weighted by Crippen LogP contribution is -2.35. The number of rotatable bonds is 3. The van der Waals surface area contributed by atoms with Crippen LogP contribution < -0.4 is 4.90 Å². The van der Waals surface area contributed by atoms with Crippen LogP contribution in [-0.4, -0.2) is 28.6 Å². The van der Waals surface area contributed by atoms with E-state index in [4.69, 9.17) is 10.4 Å². The third kappa shape index (κ3) is 2.33. The van der Waals surface area contributed by atoms with Crippen LogP contribution in [0.2, 0.25) is 0 Å². The number of carboxylic acids is 1. The molecular weight excluding hydrogens is 250 g/mol. The van der Waals surface area contributed by atoms with E-state index in [1.807, 2.05) is 0 Å². The molecule has 1 fully saturated rings. The van der Waals surface area contributed by atoms with Gasteiger partial charge in [0.1, 0.15) is 17.7 Å². The maximum atomic E-state index is 11.1. The summed E-state index contributed by atoms with van der Waals surface area (Å²) in [7, 11) is 0. The molecule has 7 heteroatoms. The summed E-state index contributed by atoms with van der Waals surface area (Å²) in [5, 5.41) is 28.8. The number of aliphatic carboxylic acids is 1. The number of nitriles is 1. The lowest BCUT2D eigenvalue weighted by atomic mass is 10.1. The van der Waals surface area contributed by atoms with E-state index in [9.17, 15) is 14.9 Å². The Bertz CT molecular complexity index is 579. The van der Waals surface area contributed by atoms with Crippen LogP contribution in [0, 0.1) is 21.4 Å². The van der Waals surface area contributed by atoms with Gasteiger partial charge in [-0.05, 0) is 25.0 Å². The lowest BCUT2D eigenvalue weighted by Gasteiger charge is -2.23. The van der Waals surface area contributed by atoms with Gasteiger partial charge >= 0.3 is 5.97 Å². The van der Waals surface area contributed by atoms with Crippen molar-refractivity contribution < 1.29 is 14.8 Å². The normalized spacial score (nSPS) is 18.1. The first-order valence-corrected chi connectivity index (χ1v) is 5.72. The highest BCUT2D eigenvalue weighted by atomic mass is 16.6. The van der Waals surface area contributed by atoms with E-state index in [0.29, 0.717) is 18.7 Å². The van der Waals surface area contributed by atoms with Crippen molar-refractivity contribution in [2.45, 2.75) is 18.9 Å². The van der Waals surface area contributed by atoms with Crippen molar-refractivity contribution in [2.24, 2.45) is 0 Å². The Morgan fingerprint density at radius 1 is 1.58 bits per heavy atom. The van der Waals surface area contributed by atoms with Crippen molar-refractivity contribution in [3.8, 4) is 6.07 Å². The highest BCUT2D eigenvalue weighted by Crippen LogP contribution is 2.30. The molecule has 7 nitrogen and oxygen atoms in total. The van der Waals surface area contributed by atoms with Gasteiger partial charge < -0.3 is 10.0 Å². The van der Waals surface area contributed by atoms with Crippen molar-refractivity contribution in [1.29, 1.82) is 5.26 Å². The summed E-state index contributed by atoms with van der Waals surface area (Å²) in [5.74, 6) is -0.940. The molecule has 1 N–H and O–H groups in total. The summed E-state index contributed by atoms with van der Waals surface area (Å²) in [6.45, 7) is 0.542. The van der Waals surface area contributed by atoms with E-state index in [-0.39, 0.29) is 11.3 Å². The van der Waals surface area contributed by atoms with Gasteiger partial charge in [-0.15, -0.1) is 0 Å². The molecule has 1 aliphatic heterocycles. The molecular formula is C12H11N3O4. The molecule has 0 aromatic heterocycles. The molecule has 1 aliphatic rings. The van der Waals surface area contributed by atoms with Crippen LogP contribution in [0.25, 0.3) is 0 Å². The van der Waals surface area contributed by atoms with Gasteiger partial charge in [-0.3, -0.25) is 10.1 Å². The second-order valence-electron chi connectivity index (χ2n) is 4.26. The van der Waals surface area contributed by atoms with Gasteiger partial charge in [0.15, 0.2) is 0 Å². The van der Waals surface area contributed by atoms with Crippen molar-refractivity contribution in [2.75, 3.05) is 11.4 Å². The van der Waals surface area contributed by atoms with Crippen LogP contribution in [0.15, 0.2) is 18.2 Å². The average Bonchev–Trinajstić information content (AvgIpc) is 2.87. The first-order valence-electron chi connectivity index (χ1n) is 5.72. The second-order valence-corrected chi connectivity index (χ2v) is 4.26. The van der Waals surface area contributed by atoms with Gasteiger partial charge in [0, 0.05) is 18.3 Å². The van der Waals surface area contributed by atoms with Crippen molar-refractivity contribution in [3.05, 3.63) is 33.9 Å². The summed E-state index contributed by atoms with van der Waals surface area (Å²) < 4.78 is 0. The Morgan fingerprint density at radius 2 is 2.32 bits per heavy atom. The summed E-state index contributed by atoms with van der Waals surface area (Å²) in [6, 6.07) is 5.26. The average molecular weight is 261 g/mol. The van der Waals surface area contributed by atoms with Crippen LogP contribution in [0.4, 0.5) is 11.4 Å². The van der Waals surface area contributed by atoms with E-state index < -0.39 is 16.9 Å². The molecule has 1 atom stereocenters. The molecule has 0 bridgehead atoms. The topological polar surface area (TPSA) is 107 Å². The van der Waals surface area contributed by atoms with E-state index >= 15 is 0 Å². The lowest BCUT2D eigenvalue weighted by molar-refractivity contribution is -0.385. The number of nitro groups is 1. The molecule has 2 rings (SSSR count). The van der Waals surface area contributed by atoms with Crippen LogP contribution >= 0.6 is 0 Å². The van der Waals surface area contributed by atoms with E-state index in [1.165, 1.54) is 12.1 Å². The molecule has 1 unspecified atom stereocenters. The number of anilines is 1. The smallest absolute Gasteiger partial charge is 0.326 e. The van der Waals surface area contributed by atoms with Crippen LogP contribution in [-0.2, 0) is 4.79 Å². The van der Waals surface area contributed by atoms with E-state index in [2.05, 4.69) is 0 Å². The first kappa shape index (κ1) is 12.8. The molecule has 1 saturated heterocycles. The fourth-order valence-electron chi connectivity index (χ4n) is 2.28. The third-order valence-electron chi connectivity index (χ3n) is 3.17. The minimum Gasteiger partial charge on any atom is -0.480 e. The number of nitrogens with zero attached hydrogens (tertiary/aromatic N) is 3. The monoisotopic (exact) mass is 261 g/mol. The van der Waals surface area contributed by atoms with Gasteiger partial charge in [0.05, 0.1) is 4.92 Å². The highest BCUT2D eigenvalue weighted by molar-refractivity contribution is 5.79. The molecule has 98 valence electrons. The van der Waals surface area contributed by atoms with Crippen molar-refractivity contribution >= 4 is 17.3 Å². The van der Waals surface area contributed by atoms with E-state index in [0.717, 1.165) is 6.42 Å². The summed E-state index contributed by atoms with van der Waals surface area (Å²) in [6.07, 6.45) is 1.24. The predicted molar refractivity (Wildman–Crippen MR) is 65.8 cm³/mol. The number of hydrogen-bond donors (Lipinski definition) is 1. The Kier molecular flexibility index (Phi) is 3.33. The molecule has 1 heterocycles. The maximum Gasteiger partial charge on any atom is 0.326 e. The second kappa shape index (κ2) is 4.94. The molecule has 19 heavy (non-hydrogen) atoms. The number of nitro benzene ring substituents is 1. The molecule has 0 amide bonds. The Hall–Kier alpha value is -2.62. The molecule has 0 aliphatic carbocycles. The maximum absolute atomic E-state index is 11.1. The number of benzene rings is 1. The minimum atomic E-state index is -0.940. The standard InChI is InChI=1S/C12H11N3O4/c13-7-8-3-4-9(6-11(8)15(18)19)14-5-1-2-10(14)12(16)17/h3-4,6,10H,1-2,5H2,(H,16,17). The Morgan fingerprint density at radius 3 is 2.89 bits per heavy atom. The fraction of sp³-hybridized carbons (Fsp3) is 0.333. The van der Waals surface area contributed by atoms with Crippen molar-refractivity contribution in [1.82, 2.24) is 0 Å². The summed E-state index contributed by atoms with van der Waals surface area (Å²) in [5.41, 5.74) is 0.145. The number of carboxylic acid groups (broad SMARTS) is 1. The molecule has 1 aromatic carbocycles. The molecule has 0 radical (unpaired) electrons. The number of carbonyl (C=O) groups is 1. The predicted octanol–water partition coefficient (Wildman–Crippen LogP) is 1.52. The molecule has 1 aromatic rings. The molecule has 0 spiro atoms. The van der Waals surface area contributed by atoms with Gasteiger partial charge in [-0.25, -0.2) is 4.79 Å². The highest BCUT2D eigenvalue weighted by Gasteiger charge is 2.31. The fourth-order valence-corrected chi connectivity index (χ4v) is 2.28. The Labute approximate surface area is 108 Å². The minimum absolute atomic E-state index is 0.0279.